The zero-order valence-electron chi connectivity index (χ0n) is 9.36. The lowest BCUT2D eigenvalue weighted by Crippen LogP contribution is -2.23. The van der Waals surface area contributed by atoms with E-state index in [9.17, 15) is 9.59 Å². The summed E-state index contributed by atoms with van der Waals surface area (Å²) >= 11 is 0. The first-order valence-electron chi connectivity index (χ1n) is 5.16. The Labute approximate surface area is 94.4 Å². The van der Waals surface area contributed by atoms with Gasteiger partial charge >= 0.3 is 0 Å². The summed E-state index contributed by atoms with van der Waals surface area (Å²) in [5.41, 5.74) is 2.67. The number of aryl methyl sites for hydroxylation is 1. The normalized spacial score (nSPS) is 18.6. The van der Waals surface area contributed by atoms with E-state index in [2.05, 4.69) is 0 Å². The highest BCUT2D eigenvalue weighted by molar-refractivity contribution is 6.15. The van der Waals surface area contributed by atoms with Crippen LogP contribution in [0.5, 0.6) is 0 Å². The lowest BCUT2D eigenvalue weighted by Gasteiger charge is -2.02. The summed E-state index contributed by atoms with van der Waals surface area (Å²) < 4.78 is 0. The predicted octanol–water partition coefficient (Wildman–Crippen LogP) is 1.77. The van der Waals surface area contributed by atoms with Crippen LogP contribution in [-0.2, 0) is 9.59 Å². The van der Waals surface area contributed by atoms with E-state index in [0.717, 1.165) is 11.1 Å². The zero-order chi connectivity index (χ0) is 11.7. The van der Waals surface area contributed by atoms with Crippen LogP contribution in [0.4, 0.5) is 0 Å². The summed E-state index contributed by atoms with van der Waals surface area (Å²) in [4.78, 5) is 24.1. The van der Waals surface area contributed by atoms with Crippen molar-refractivity contribution < 1.29 is 9.59 Å². The first kappa shape index (κ1) is 10.6. The molecule has 3 heteroatoms. The second-order valence-corrected chi connectivity index (χ2v) is 4.02. The molecule has 1 aliphatic heterocycles. The molecule has 1 aromatic rings. The molecule has 1 saturated heterocycles. The fourth-order valence-electron chi connectivity index (χ4n) is 1.76. The Morgan fingerprint density at radius 2 is 2.06 bits per heavy atom. The lowest BCUT2D eigenvalue weighted by atomic mass is 10.1. The third-order valence-electron chi connectivity index (χ3n) is 2.68. The standard InChI is InChI=1S/C13H13NO2/c1-9-4-3-5-10(6-9)7-11-8-12(15)14(2)13(11)16/h3-7H,8H2,1-2H3/b11-7+. The van der Waals surface area contributed by atoms with Gasteiger partial charge in [-0.05, 0) is 18.6 Å². The van der Waals surface area contributed by atoms with Gasteiger partial charge < -0.3 is 0 Å². The minimum absolute atomic E-state index is 0.135. The second kappa shape index (κ2) is 3.93. The fourth-order valence-corrected chi connectivity index (χ4v) is 1.76. The maximum Gasteiger partial charge on any atom is 0.256 e. The van der Waals surface area contributed by atoms with Gasteiger partial charge in [-0.2, -0.15) is 0 Å². The van der Waals surface area contributed by atoms with Gasteiger partial charge in [-0.1, -0.05) is 29.8 Å². The van der Waals surface area contributed by atoms with E-state index in [0.29, 0.717) is 5.57 Å². The number of likely N-dealkylation sites (tertiary alicyclic amines) is 1. The summed E-state index contributed by atoms with van der Waals surface area (Å²) in [6.07, 6.45) is 2.00. The van der Waals surface area contributed by atoms with Crippen molar-refractivity contribution in [3.8, 4) is 0 Å². The number of hydrogen-bond donors (Lipinski definition) is 0. The molecule has 0 saturated carbocycles. The van der Waals surface area contributed by atoms with E-state index < -0.39 is 0 Å². The molecule has 0 spiro atoms. The second-order valence-electron chi connectivity index (χ2n) is 4.02. The van der Waals surface area contributed by atoms with Crippen LogP contribution in [0.15, 0.2) is 29.8 Å². The molecule has 0 aromatic heterocycles. The molecule has 0 radical (unpaired) electrons. The maximum absolute atomic E-state index is 11.6. The number of likely N-dealkylation sites (N-methyl/N-ethyl adjacent to an activating group) is 1. The van der Waals surface area contributed by atoms with E-state index in [1.807, 2.05) is 31.2 Å². The molecule has 1 heterocycles. The molecule has 0 aliphatic carbocycles. The topological polar surface area (TPSA) is 37.4 Å². The van der Waals surface area contributed by atoms with Gasteiger partial charge in [-0.25, -0.2) is 0 Å². The minimum atomic E-state index is -0.188. The third-order valence-corrected chi connectivity index (χ3v) is 2.68. The molecule has 16 heavy (non-hydrogen) atoms. The van der Waals surface area contributed by atoms with E-state index >= 15 is 0 Å². The monoisotopic (exact) mass is 215 g/mol. The van der Waals surface area contributed by atoms with Crippen LogP contribution in [0.25, 0.3) is 6.08 Å². The molecule has 2 rings (SSSR count). The Morgan fingerprint density at radius 1 is 1.31 bits per heavy atom. The number of imide groups is 1. The average Bonchev–Trinajstić information content (AvgIpc) is 2.47. The van der Waals surface area contributed by atoms with Crippen molar-refractivity contribution in [3.63, 3.8) is 0 Å². The molecule has 1 fully saturated rings. The zero-order valence-corrected chi connectivity index (χ0v) is 9.36. The molecule has 0 N–H and O–H groups in total. The van der Waals surface area contributed by atoms with E-state index in [-0.39, 0.29) is 18.2 Å². The van der Waals surface area contributed by atoms with Crippen molar-refractivity contribution in [1.82, 2.24) is 4.90 Å². The van der Waals surface area contributed by atoms with Gasteiger partial charge in [0.05, 0.1) is 6.42 Å². The highest BCUT2D eigenvalue weighted by Crippen LogP contribution is 2.20. The minimum Gasteiger partial charge on any atom is -0.282 e. The van der Waals surface area contributed by atoms with E-state index in [1.54, 1.807) is 6.08 Å². The number of amides is 2. The van der Waals surface area contributed by atoms with Gasteiger partial charge in [0.15, 0.2) is 0 Å². The Kier molecular flexibility index (Phi) is 2.60. The van der Waals surface area contributed by atoms with Crippen molar-refractivity contribution in [2.24, 2.45) is 0 Å². The van der Waals surface area contributed by atoms with Crippen LogP contribution in [0.3, 0.4) is 0 Å². The summed E-state index contributed by atoms with van der Waals surface area (Å²) in [5.74, 6) is -0.324. The molecule has 2 amide bonds. The van der Waals surface area contributed by atoms with Gasteiger partial charge in [-0.3, -0.25) is 14.5 Å². The average molecular weight is 215 g/mol. The van der Waals surface area contributed by atoms with Crippen LogP contribution >= 0.6 is 0 Å². The summed E-state index contributed by atoms with van der Waals surface area (Å²) in [6.45, 7) is 2.00. The Hall–Kier alpha value is -1.90. The van der Waals surface area contributed by atoms with E-state index in [4.69, 9.17) is 0 Å². The number of benzene rings is 1. The van der Waals surface area contributed by atoms with Gasteiger partial charge in [0.25, 0.3) is 5.91 Å². The molecule has 82 valence electrons. The van der Waals surface area contributed by atoms with Crippen molar-refractivity contribution in [2.75, 3.05) is 7.05 Å². The smallest absolute Gasteiger partial charge is 0.256 e. The molecule has 1 aromatic carbocycles. The Bertz CT molecular complexity index is 488. The largest absolute Gasteiger partial charge is 0.282 e. The Morgan fingerprint density at radius 3 is 2.62 bits per heavy atom. The van der Waals surface area contributed by atoms with Crippen molar-refractivity contribution >= 4 is 17.9 Å². The van der Waals surface area contributed by atoms with Gasteiger partial charge in [0, 0.05) is 12.6 Å². The molecule has 3 nitrogen and oxygen atoms in total. The van der Waals surface area contributed by atoms with Gasteiger partial charge in [0.2, 0.25) is 5.91 Å². The summed E-state index contributed by atoms with van der Waals surface area (Å²) in [6, 6.07) is 7.85. The number of rotatable bonds is 1. The SMILES string of the molecule is Cc1cccc(/C=C2\CC(=O)N(C)C2=O)c1. The number of hydrogen-bond acceptors (Lipinski definition) is 2. The fraction of sp³-hybridized carbons (Fsp3) is 0.231. The predicted molar refractivity (Wildman–Crippen MR) is 61.6 cm³/mol. The molecular weight excluding hydrogens is 202 g/mol. The maximum atomic E-state index is 11.6. The number of nitrogens with zero attached hydrogens (tertiary/aromatic N) is 1. The number of carbonyl (C=O) groups excluding carboxylic acids is 2. The van der Waals surface area contributed by atoms with Crippen molar-refractivity contribution in [1.29, 1.82) is 0 Å². The molecule has 1 aliphatic rings. The summed E-state index contributed by atoms with van der Waals surface area (Å²) in [5, 5.41) is 0. The van der Waals surface area contributed by atoms with Crippen molar-refractivity contribution in [2.45, 2.75) is 13.3 Å². The third kappa shape index (κ3) is 1.89. The van der Waals surface area contributed by atoms with Crippen LogP contribution in [0, 0.1) is 6.92 Å². The molecule has 0 unspecified atom stereocenters. The molecular formula is C13H13NO2. The van der Waals surface area contributed by atoms with Gasteiger partial charge in [0.1, 0.15) is 0 Å². The van der Waals surface area contributed by atoms with Crippen LogP contribution in [0.2, 0.25) is 0 Å². The highest BCUT2D eigenvalue weighted by Gasteiger charge is 2.30. The summed E-state index contributed by atoms with van der Waals surface area (Å²) in [7, 11) is 1.52. The molecule has 0 bridgehead atoms. The van der Waals surface area contributed by atoms with Crippen LogP contribution in [0.1, 0.15) is 17.5 Å². The van der Waals surface area contributed by atoms with E-state index in [1.165, 1.54) is 11.9 Å². The Balaban J connectivity index is 2.33. The van der Waals surface area contributed by atoms with Crippen molar-refractivity contribution in [3.05, 3.63) is 41.0 Å². The first-order chi connectivity index (χ1) is 7.58. The highest BCUT2D eigenvalue weighted by atomic mass is 16.2. The first-order valence-corrected chi connectivity index (χ1v) is 5.16. The van der Waals surface area contributed by atoms with Crippen LogP contribution in [-0.4, -0.2) is 23.8 Å². The number of carbonyl (C=O) groups is 2. The van der Waals surface area contributed by atoms with Crippen LogP contribution < -0.4 is 0 Å². The lowest BCUT2D eigenvalue weighted by molar-refractivity contribution is -0.135. The quantitative estimate of drug-likeness (QED) is 0.529. The van der Waals surface area contributed by atoms with Gasteiger partial charge in [-0.15, -0.1) is 0 Å². The molecule has 0 atom stereocenters.